The number of hydrazone groups is 1. The molecule has 0 spiro atoms. The zero-order valence-electron chi connectivity index (χ0n) is 18.1. The first-order valence-corrected chi connectivity index (χ1v) is 11.0. The van der Waals surface area contributed by atoms with Crippen molar-refractivity contribution in [2.75, 3.05) is 13.7 Å². The third-order valence-electron chi connectivity index (χ3n) is 4.36. The van der Waals surface area contributed by atoms with Gasteiger partial charge < -0.3 is 14.2 Å². The number of hydrogen-bond acceptors (Lipinski definition) is 8. The lowest BCUT2D eigenvalue weighted by Crippen LogP contribution is -2.24. The first-order valence-electron chi connectivity index (χ1n) is 9.81. The predicted molar refractivity (Wildman–Crippen MR) is 131 cm³/mol. The van der Waals surface area contributed by atoms with E-state index in [2.05, 4.69) is 26.5 Å². The summed E-state index contributed by atoms with van der Waals surface area (Å²) in [5, 5.41) is 15.1. The molecule has 3 aromatic carbocycles. The maximum absolute atomic E-state index is 12.4. The van der Waals surface area contributed by atoms with Gasteiger partial charge in [0, 0.05) is 17.2 Å². The van der Waals surface area contributed by atoms with Crippen molar-refractivity contribution >= 4 is 51.3 Å². The highest BCUT2D eigenvalue weighted by Crippen LogP contribution is 2.29. The van der Waals surface area contributed by atoms with Crippen LogP contribution in [-0.4, -0.2) is 36.7 Å². The minimum Gasteiger partial charge on any atom is -0.493 e. The zero-order chi connectivity index (χ0) is 25.4. The first-order chi connectivity index (χ1) is 16.8. The van der Waals surface area contributed by atoms with Crippen molar-refractivity contribution in [2.24, 2.45) is 5.10 Å². The number of nitrogens with zero attached hydrogens (tertiary/aromatic N) is 2. The Kier molecular flexibility index (Phi) is 8.76. The van der Waals surface area contributed by atoms with Crippen LogP contribution in [0.15, 0.2) is 70.2 Å². The molecule has 12 heteroatoms. The monoisotopic (exact) mass is 561 g/mol. The molecule has 0 heterocycles. The summed E-state index contributed by atoms with van der Waals surface area (Å²) in [6.45, 7) is -0.265. The highest BCUT2D eigenvalue weighted by atomic mass is 79.9. The number of carbonyl (C=O) groups excluding carboxylic acids is 2. The van der Waals surface area contributed by atoms with E-state index in [1.165, 1.54) is 43.7 Å². The van der Waals surface area contributed by atoms with Crippen LogP contribution < -0.4 is 19.6 Å². The van der Waals surface area contributed by atoms with Gasteiger partial charge in [-0.15, -0.1) is 0 Å². The van der Waals surface area contributed by atoms with Crippen LogP contribution >= 0.6 is 27.5 Å². The highest BCUT2D eigenvalue weighted by Gasteiger charge is 2.14. The Morgan fingerprint density at radius 1 is 1.09 bits per heavy atom. The van der Waals surface area contributed by atoms with Crippen LogP contribution in [0, 0.1) is 10.1 Å². The van der Waals surface area contributed by atoms with Crippen LogP contribution in [0.5, 0.6) is 17.2 Å². The molecule has 0 aliphatic rings. The minimum atomic E-state index is -0.709. The number of benzene rings is 3. The Morgan fingerprint density at radius 3 is 2.46 bits per heavy atom. The van der Waals surface area contributed by atoms with Gasteiger partial charge in [-0.1, -0.05) is 11.6 Å². The number of hydrogen-bond donors (Lipinski definition) is 1. The Bertz CT molecular complexity index is 1280. The molecule has 0 atom stereocenters. The molecule has 1 N–H and O–H groups in total. The van der Waals surface area contributed by atoms with E-state index in [1.807, 2.05) is 0 Å². The molecule has 1 amide bonds. The van der Waals surface area contributed by atoms with Crippen LogP contribution in [-0.2, 0) is 4.79 Å². The lowest BCUT2D eigenvalue weighted by atomic mass is 10.2. The standard InChI is InChI=1S/C23H17BrClN3O7/c1-33-21-10-14(12-26-27-22(29)13-34-19-9-5-16(25)11-18(19)24)2-8-20(21)35-23(30)15-3-6-17(7-4-15)28(31)32/h2-12H,13H2,1H3,(H,27,29)/b26-12-. The molecular weight excluding hydrogens is 546 g/mol. The minimum absolute atomic E-state index is 0.138. The molecule has 3 aromatic rings. The predicted octanol–water partition coefficient (Wildman–Crippen LogP) is 4.77. The number of rotatable bonds is 9. The summed E-state index contributed by atoms with van der Waals surface area (Å²) in [4.78, 5) is 34.5. The van der Waals surface area contributed by atoms with Crippen LogP contribution in [0.1, 0.15) is 15.9 Å². The number of nitrogens with one attached hydrogen (secondary N) is 1. The number of methoxy groups -OCH3 is 1. The molecule has 180 valence electrons. The maximum Gasteiger partial charge on any atom is 0.343 e. The van der Waals surface area contributed by atoms with Gasteiger partial charge in [0.05, 0.1) is 28.3 Å². The molecule has 0 aliphatic heterocycles. The van der Waals surface area contributed by atoms with E-state index < -0.39 is 16.8 Å². The molecule has 0 bridgehead atoms. The van der Waals surface area contributed by atoms with Crippen molar-refractivity contribution in [3.8, 4) is 17.2 Å². The molecule has 0 radical (unpaired) electrons. The lowest BCUT2D eigenvalue weighted by Gasteiger charge is -2.10. The summed E-state index contributed by atoms with van der Waals surface area (Å²) in [6, 6.07) is 14.6. The van der Waals surface area contributed by atoms with Gasteiger partial charge in [-0.05, 0) is 70.0 Å². The summed E-state index contributed by atoms with van der Waals surface area (Å²) >= 11 is 9.16. The normalized spacial score (nSPS) is 10.6. The summed E-state index contributed by atoms with van der Waals surface area (Å²) in [6.07, 6.45) is 1.38. The molecule has 10 nitrogen and oxygen atoms in total. The fourth-order valence-electron chi connectivity index (χ4n) is 2.67. The van der Waals surface area contributed by atoms with Gasteiger partial charge in [0.2, 0.25) is 0 Å². The van der Waals surface area contributed by atoms with Crippen LogP contribution in [0.4, 0.5) is 5.69 Å². The average molecular weight is 563 g/mol. The number of nitro groups is 1. The van der Waals surface area contributed by atoms with E-state index in [4.69, 9.17) is 25.8 Å². The number of ether oxygens (including phenoxy) is 3. The van der Waals surface area contributed by atoms with Crippen molar-refractivity contribution in [1.29, 1.82) is 0 Å². The quantitative estimate of drug-likeness (QED) is 0.131. The van der Waals surface area contributed by atoms with Gasteiger partial charge in [0.15, 0.2) is 18.1 Å². The summed E-state index contributed by atoms with van der Waals surface area (Å²) in [5.74, 6) is -0.356. The topological polar surface area (TPSA) is 129 Å². The second kappa shape index (κ2) is 12.0. The van der Waals surface area contributed by atoms with Crippen molar-refractivity contribution in [3.63, 3.8) is 0 Å². The second-order valence-corrected chi connectivity index (χ2v) is 8.05. The fraction of sp³-hybridized carbons (Fsp3) is 0.0870. The highest BCUT2D eigenvalue weighted by molar-refractivity contribution is 9.10. The van der Waals surface area contributed by atoms with Gasteiger partial charge in [-0.25, -0.2) is 10.2 Å². The molecular formula is C23H17BrClN3O7. The van der Waals surface area contributed by atoms with Crippen LogP contribution in [0.3, 0.4) is 0 Å². The van der Waals surface area contributed by atoms with Crippen LogP contribution in [0.2, 0.25) is 5.02 Å². The molecule has 0 saturated heterocycles. The number of carbonyl (C=O) groups is 2. The van der Waals surface area contributed by atoms with Gasteiger partial charge in [-0.2, -0.15) is 5.10 Å². The molecule has 0 saturated carbocycles. The van der Waals surface area contributed by atoms with Crippen molar-refractivity contribution in [2.45, 2.75) is 0 Å². The van der Waals surface area contributed by atoms with Crippen molar-refractivity contribution < 1.29 is 28.7 Å². The van der Waals surface area contributed by atoms with E-state index in [-0.39, 0.29) is 29.4 Å². The van der Waals surface area contributed by atoms with E-state index in [0.29, 0.717) is 20.8 Å². The second-order valence-electron chi connectivity index (χ2n) is 6.76. The Balaban J connectivity index is 1.57. The van der Waals surface area contributed by atoms with E-state index in [1.54, 1.807) is 30.3 Å². The molecule has 3 rings (SSSR count). The molecule has 0 aliphatic carbocycles. The third kappa shape index (κ3) is 7.26. The lowest BCUT2D eigenvalue weighted by molar-refractivity contribution is -0.384. The molecule has 0 aromatic heterocycles. The molecule has 35 heavy (non-hydrogen) atoms. The summed E-state index contributed by atoms with van der Waals surface area (Å²) < 4.78 is 16.6. The first kappa shape index (κ1) is 25.7. The number of amides is 1. The third-order valence-corrected chi connectivity index (χ3v) is 5.21. The van der Waals surface area contributed by atoms with Gasteiger partial charge in [0.1, 0.15) is 5.75 Å². The molecule has 0 unspecified atom stereocenters. The Morgan fingerprint density at radius 2 is 1.80 bits per heavy atom. The number of halogens is 2. The Hall–Kier alpha value is -3.96. The van der Waals surface area contributed by atoms with Gasteiger partial charge in [0.25, 0.3) is 11.6 Å². The largest absolute Gasteiger partial charge is 0.493 e. The van der Waals surface area contributed by atoms with E-state index >= 15 is 0 Å². The fourth-order valence-corrected chi connectivity index (χ4v) is 3.47. The van der Waals surface area contributed by atoms with E-state index in [0.717, 1.165) is 0 Å². The van der Waals surface area contributed by atoms with Crippen molar-refractivity contribution in [3.05, 3.63) is 91.4 Å². The van der Waals surface area contributed by atoms with E-state index in [9.17, 15) is 19.7 Å². The smallest absolute Gasteiger partial charge is 0.343 e. The molecule has 0 fully saturated rings. The summed E-state index contributed by atoms with van der Waals surface area (Å²) in [7, 11) is 1.40. The summed E-state index contributed by atoms with van der Waals surface area (Å²) in [5.41, 5.74) is 2.89. The zero-order valence-corrected chi connectivity index (χ0v) is 20.4. The number of nitro benzene ring substituents is 1. The Labute approximate surface area is 212 Å². The van der Waals surface area contributed by atoms with Gasteiger partial charge >= 0.3 is 5.97 Å². The number of esters is 1. The van der Waals surface area contributed by atoms with Crippen molar-refractivity contribution in [1.82, 2.24) is 5.43 Å². The average Bonchev–Trinajstić information content (AvgIpc) is 2.84. The van der Waals surface area contributed by atoms with Crippen LogP contribution in [0.25, 0.3) is 0 Å². The van der Waals surface area contributed by atoms with Gasteiger partial charge in [-0.3, -0.25) is 14.9 Å². The SMILES string of the molecule is COc1cc(/C=N\NC(=O)COc2ccc(Cl)cc2Br)ccc1OC(=O)c1ccc([N+](=O)[O-])cc1. The number of non-ortho nitro benzene ring substituents is 1. The maximum atomic E-state index is 12.4.